The maximum Gasteiger partial charge on any atom is 0.433 e. The number of anilines is 1. The summed E-state index contributed by atoms with van der Waals surface area (Å²) in [6.45, 7) is 1.43. The Morgan fingerprint density at radius 2 is 1.92 bits per heavy atom. The summed E-state index contributed by atoms with van der Waals surface area (Å²) in [6, 6.07) is 7.64. The fraction of sp³-hybridized carbons (Fsp3) is 0.200. The van der Waals surface area contributed by atoms with Gasteiger partial charge in [-0.25, -0.2) is 15.0 Å². The van der Waals surface area contributed by atoms with Gasteiger partial charge in [-0.2, -0.15) is 13.2 Å². The van der Waals surface area contributed by atoms with Crippen LogP contribution in [0.3, 0.4) is 0 Å². The number of nitrogens with one attached hydrogen (secondary N) is 2. The van der Waals surface area contributed by atoms with Gasteiger partial charge >= 0.3 is 6.18 Å². The molecular formula is C15H12F3N5O. The highest BCUT2D eigenvalue weighted by Crippen LogP contribution is 2.28. The number of fused-ring (bicyclic) bond motifs is 1. The van der Waals surface area contributed by atoms with E-state index in [2.05, 4.69) is 25.3 Å². The lowest BCUT2D eigenvalue weighted by Crippen LogP contribution is -2.16. The summed E-state index contributed by atoms with van der Waals surface area (Å²) in [4.78, 5) is 26.1. The average Bonchev–Trinajstić information content (AvgIpc) is 2.52. The molecule has 0 amide bonds. The summed E-state index contributed by atoms with van der Waals surface area (Å²) in [5, 5.41) is 3.09. The molecule has 9 heteroatoms. The van der Waals surface area contributed by atoms with Gasteiger partial charge in [0.15, 0.2) is 0 Å². The van der Waals surface area contributed by atoms with E-state index in [0.717, 1.165) is 6.07 Å². The third-order valence-electron chi connectivity index (χ3n) is 3.22. The molecular weight excluding hydrogens is 323 g/mol. The van der Waals surface area contributed by atoms with Crippen LogP contribution >= 0.6 is 0 Å². The number of aromatic nitrogens is 4. The van der Waals surface area contributed by atoms with Crippen molar-refractivity contribution in [2.45, 2.75) is 19.6 Å². The van der Waals surface area contributed by atoms with E-state index < -0.39 is 11.9 Å². The van der Waals surface area contributed by atoms with Gasteiger partial charge in [0.1, 0.15) is 11.5 Å². The monoisotopic (exact) mass is 335 g/mol. The van der Waals surface area contributed by atoms with Gasteiger partial charge in [0.2, 0.25) is 5.95 Å². The van der Waals surface area contributed by atoms with Crippen LogP contribution < -0.4 is 10.9 Å². The lowest BCUT2D eigenvalue weighted by atomic mass is 10.2. The van der Waals surface area contributed by atoms with E-state index in [4.69, 9.17) is 0 Å². The van der Waals surface area contributed by atoms with Gasteiger partial charge in [-0.3, -0.25) is 4.79 Å². The molecule has 0 radical (unpaired) electrons. The Hall–Kier alpha value is -2.97. The number of alkyl halides is 3. The van der Waals surface area contributed by atoms with Crippen molar-refractivity contribution in [3.05, 3.63) is 57.9 Å². The molecule has 0 saturated heterocycles. The number of halogens is 3. The summed E-state index contributed by atoms with van der Waals surface area (Å²) in [6.07, 6.45) is -4.56. The fourth-order valence-corrected chi connectivity index (χ4v) is 2.17. The molecule has 2 heterocycles. The zero-order chi connectivity index (χ0) is 17.3. The van der Waals surface area contributed by atoms with Gasteiger partial charge in [0.05, 0.1) is 17.4 Å². The minimum absolute atomic E-state index is 0.0131. The van der Waals surface area contributed by atoms with Gasteiger partial charge in [-0.1, -0.05) is 12.1 Å². The van der Waals surface area contributed by atoms with E-state index in [1.54, 1.807) is 24.3 Å². The average molecular weight is 335 g/mol. The Bertz CT molecular complexity index is 952. The third kappa shape index (κ3) is 3.34. The zero-order valence-corrected chi connectivity index (χ0v) is 12.5. The number of benzene rings is 1. The highest BCUT2D eigenvalue weighted by atomic mass is 19.4. The molecule has 0 aliphatic rings. The largest absolute Gasteiger partial charge is 0.433 e. The molecule has 0 bridgehead atoms. The second kappa shape index (κ2) is 5.91. The number of hydrogen-bond acceptors (Lipinski definition) is 5. The van der Waals surface area contributed by atoms with E-state index in [1.807, 2.05) is 0 Å². The van der Waals surface area contributed by atoms with Crippen molar-refractivity contribution in [1.29, 1.82) is 0 Å². The molecule has 0 aliphatic heterocycles. The Balaban J connectivity index is 1.86. The van der Waals surface area contributed by atoms with Gasteiger partial charge < -0.3 is 10.3 Å². The van der Waals surface area contributed by atoms with Crippen LogP contribution in [-0.2, 0) is 12.7 Å². The van der Waals surface area contributed by atoms with Crippen LogP contribution in [0.1, 0.15) is 17.2 Å². The fourth-order valence-electron chi connectivity index (χ4n) is 2.17. The molecule has 1 aromatic carbocycles. The summed E-state index contributed by atoms with van der Waals surface area (Å²) >= 11 is 0. The first-order chi connectivity index (χ1) is 11.3. The number of rotatable bonds is 3. The van der Waals surface area contributed by atoms with Crippen LogP contribution in [0.2, 0.25) is 0 Å². The predicted octanol–water partition coefficient (Wildman–Crippen LogP) is 2.65. The number of para-hydroxylation sites is 1. The molecule has 0 unspecified atom stereocenters. The maximum absolute atomic E-state index is 12.8. The predicted molar refractivity (Wildman–Crippen MR) is 81.5 cm³/mol. The number of aromatic amines is 1. The molecule has 124 valence electrons. The molecule has 2 aromatic heterocycles. The Morgan fingerprint density at radius 3 is 2.67 bits per heavy atom. The molecule has 24 heavy (non-hydrogen) atoms. The molecule has 0 spiro atoms. The standard InChI is InChI=1S/C15H12F3N5O/c1-8-6-11(15(16,17)18)22-14(20-8)19-7-12-21-10-5-3-2-4-9(10)13(24)23-12/h2-6H,7H2,1H3,(H,19,20,22)(H,21,23,24). The van der Waals surface area contributed by atoms with Crippen LogP contribution in [0.5, 0.6) is 0 Å². The van der Waals surface area contributed by atoms with Gasteiger partial charge in [0.25, 0.3) is 5.56 Å². The number of nitrogens with zero attached hydrogens (tertiary/aromatic N) is 3. The third-order valence-corrected chi connectivity index (χ3v) is 3.22. The van der Waals surface area contributed by atoms with E-state index in [1.165, 1.54) is 6.92 Å². The van der Waals surface area contributed by atoms with E-state index in [9.17, 15) is 18.0 Å². The van der Waals surface area contributed by atoms with Crippen LogP contribution in [-0.4, -0.2) is 19.9 Å². The van der Waals surface area contributed by atoms with Crippen molar-refractivity contribution in [2.75, 3.05) is 5.32 Å². The molecule has 0 fully saturated rings. The lowest BCUT2D eigenvalue weighted by molar-refractivity contribution is -0.141. The first-order valence-corrected chi connectivity index (χ1v) is 6.97. The van der Waals surface area contributed by atoms with Gasteiger partial charge in [-0.15, -0.1) is 0 Å². The minimum Gasteiger partial charge on any atom is -0.347 e. The normalized spacial score (nSPS) is 11.7. The first-order valence-electron chi connectivity index (χ1n) is 6.97. The minimum atomic E-state index is -4.56. The maximum atomic E-state index is 12.8. The van der Waals surface area contributed by atoms with Crippen molar-refractivity contribution in [1.82, 2.24) is 19.9 Å². The smallest absolute Gasteiger partial charge is 0.347 e. The van der Waals surface area contributed by atoms with Crippen LogP contribution in [0.25, 0.3) is 10.9 Å². The summed E-state index contributed by atoms with van der Waals surface area (Å²) in [5.74, 6) is 0.0931. The molecule has 0 aliphatic carbocycles. The Kier molecular flexibility index (Phi) is 3.92. The van der Waals surface area contributed by atoms with E-state index in [-0.39, 0.29) is 29.6 Å². The number of H-pyrrole nitrogens is 1. The summed E-state index contributed by atoms with van der Waals surface area (Å²) in [7, 11) is 0. The number of hydrogen-bond donors (Lipinski definition) is 2. The van der Waals surface area contributed by atoms with Crippen molar-refractivity contribution < 1.29 is 13.2 Å². The Morgan fingerprint density at radius 1 is 1.17 bits per heavy atom. The second-order valence-corrected chi connectivity index (χ2v) is 5.10. The van der Waals surface area contributed by atoms with Crippen molar-refractivity contribution in [3.63, 3.8) is 0 Å². The first kappa shape index (κ1) is 15.9. The highest BCUT2D eigenvalue weighted by molar-refractivity contribution is 5.77. The summed E-state index contributed by atoms with van der Waals surface area (Å²) in [5.41, 5.74) is -0.671. The SMILES string of the molecule is Cc1cc(C(F)(F)F)nc(NCc2nc3ccccc3c(=O)[nH]2)n1. The Labute approximate surface area is 133 Å². The topological polar surface area (TPSA) is 83.6 Å². The zero-order valence-electron chi connectivity index (χ0n) is 12.5. The van der Waals surface area contributed by atoms with Crippen molar-refractivity contribution >= 4 is 16.9 Å². The van der Waals surface area contributed by atoms with E-state index in [0.29, 0.717) is 10.9 Å². The molecule has 0 saturated carbocycles. The van der Waals surface area contributed by atoms with Gasteiger partial charge in [-0.05, 0) is 25.1 Å². The van der Waals surface area contributed by atoms with Crippen LogP contribution in [0.15, 0.2) is 35.1 Å². The summed E-state index contributed by atoms with van der Waals surface area (Å²) < 4.78 is 38.3. The van der Waals surface area contributed by atoms with Crippen LogP contribution in [0.4, 0.5) is 19.1 Å². The van der Waals surface area contributed by atoms with Crippen molar-refractivity contribution in [3.8, 4) is 0 Å². The van der Waals surface area contributed by atoms with Crippen LogP contribution in [0, 0.1) is 6.92 Å². The molecule has 2 N–H and O–H groups in total. The molecule has 6 nitrogen and oxygen atoms in total. The van der Waals surface area contributed by atoms with Crippen molar-refractivity contribution in [2.24, 2.45) is 0 Å². The van der Waals surface area contributed by atoms with Gasteiger partial charge in [0, 0.05) is 5.69 Å². The highest BCUT2D eigenvalue weighted by Gasteiger charge is 2.33. The molecule has 3 rings (SSSR count). The molecule has 3 aromatic rings. The van der Waals surface area contributed by atoms with E-state index >= 15 is 0 Å². The number of aryl methyl sites for hydroxylation is 1. The second-order valence-electron chi connectivity index (χ2n) is 5.10. The molecule has 0 atom stereocenters. The lowest BCUT2D eigenvalue weighted by Gasteiger charge is -2.10. The quantitative estimate of drug-likeness (QED) is 0.769.